The summed E-state index contributed by atoms with van der Waals surface area (Å²) >= 11 is 0. The summed E-state index contributed by atoms with van der Waals surface area (Å²) in [5.41, 5.74) is 2.41. The number of halogens is 1. The summed E-state index contributed by atoms with van der Waals surface area (Å²) in [6, 6.07) is 12.5. The Balaban J connectivity index is 0.00000220. The number of benzene rings is 1. The fourth-order valence-electron chi connectivity index (χ4n) is 1.93. The minimum absolute atomic E-state index is 0. The van der Waals surface area contributed by atoms with Gasteiger partial charge in [-0.1, -0.05) is 30.3 Å². The van der Waals surface area contributed by atoms with E-state index in [-0.39, 0.29) is 24.0 Å². The van der Waals surface area contributed by atoms with Gasteiger partial charge in [-0.3, -0.25) is 10.1 Å². The zero-order valence-electron chi connectivity index (χ0n) is 12.2. The van der Waals surface area contributed by atoms with E-state index in [0.717, 1.165) is 31.0 Å². The van der Waals surface area contributed by atoms with E-state index in [1.165, 1.54) is 5.56 Å². The molecule has 1 aromatic carbocycles. The monoisotopic (exact) mass is 399 g/mol. The second-order valence-corrected chi connectivity index (χ2v) is 4.52. The number of hydrogen-bond acceptors (Lipinski definition) is 2. The van der Waals surface area contributed by atoms with E-state index in [0.29, 0.717) is 6.54 Å². The first kappa shape index (κ1) is 17.5. The van der Waals surface area contributed by atoms with Gasteiger partial charge in [0.15, 0.2) is 5.96 Å². The SMILES string of the molecule is CN=C(NCCCc1ccccc1)NCc1ccn[nH]1.I. The number of H-pyrrole nitrogens is 1. The molecule has 0 amide bonds. The fourth-order valence-corrected chi connectivity index (χ4v) is 1.93. The molecule has 5 nitrogen and oxygen atoms in total. The van der Waals surface area contributed by atoms with Crippen LogP contribution in [0.2, 0.25) is 0 Å². The molecule has 0 saturated carbocycles. The van der Waals surface area contributed by atoms with E-state index in [1.807, 2.05) is 12.1 Å². The quantitative estimate of drug-likeness (QED) is 0.302. The molecule has 0 radical (unpaired) electrons. The van der Waals surface area contributed by atoms with Crippen molar-refractivity contribution in [3.8, 4) is 0 Å². The van der Waals surface area contributed by atoms with Crippen molar-refractivity contribution in [2.75, 3.05) is 13.6 Å². The van der Waals surface area contributed by atoms with E-state index in [9.17, 15) is 0 Å². The highest BCUT2D eigenvalue weighted by atomic mass is 127. The minimum atomic E-state index is 0. The molecular formula is C15H22IN5. The lowest BCUT2D eigenvalue weighted by molar-refractivity contribution is 0.737. The molecule has 0 atom stereocenters. The third kappa shape index (κ3) is 6.61. The lowest BCUT2D eigenvalue weighted by Gasteiger charge is -2.11. The zero-order valence-corrected chi connectivity index (χ0v) is 14.5. The Morgan fingerprint density at radius 2 is 2.00 bits per heavy atom. The van der Waals surface area contributed by atoms with Crippen LogP contribution in [0, 0.1) is 0 Å². The Bertz CT molecular complexity index is 510. The summed E-state index contributed by atoms with van der Waals surface area (Å²) in [6.07, 6.45) is 3.90. The molecule has 0 aliphatic rings. The standard InChI is InChI=1S/C15H21N5.HI/c1-16-15(18-12-14-9-11-19-20-14)17-10-5-8-13-6-3-2-4-7-13;/h2-4,6-7,9,11H,5,8,10,12H2,1H3,(H,19,20)(H2,16,17,18);1H. The highest BCUT2D eigenvalue weighted by molar-refractivity contribution is 14.0. The van der Waals surface area contributed by atoms with Gasteiger partial charge in [-0.15, -0.1) is 24.0 Å². The van der Waals surface area contributed by atoms with Gasteiger partial charge in [0.1, 0.15) is 0 Å². The van der Waals surface area contributed by atoms with Crippen LogP contribution in [0.15, 0.2) is 47.6 Å². The van der Waals surface area contributed by atoms with Gasteiger partial charge in [0.25, 0.3) is 0 Å². The second-order valence-electron chi connectivity index (χ2n) is 4.52. The molecule has 6 heteroatoms. The summed E-state index contributed by atoms with van der Waals surface area (Å²) in [4.78, 5) is 4.19. The van der Waals surface area contributed by atoms with Gasteiger partial charge in [-0.25, -0.2) is 0 Å². The third-order valence-electron chi connectivity index (χ3n) is 3.01. The first-order valence-corrected chi connectivity index (χ1v) is 6.85. The maximum atomic E-state index is 4.19. The van der Waals surface area contributed by atoms with Crippen molar-refractivity contribution in [3.63, 3.8) is 0 Å². The molecule has 2 rings (SSSR count). The largest absolute Gasteiger partial charge is 0.356 e. The van der Waals surface area contributed by atoms with Crippen LogP contribution in [-0.4, -0.2) is 29.7 Å². The van der Waals surface area contributed by atoms with Crippen molar-refractivity contribution in [2.24, 2.45) is 4.99 Å². The Hall–Kier alpha value is -1.57. The molecule has 0 unspecified atom stereocenters. The molecule has 1 heterocycles. The van der Waals surface area contributed by atoms with Crippen molar-refractivity contribution < 1.29 is 0 Å². The number of aryl methyl sites for hydroxylation is 1. The molecule has 0 saturated heterocycles. The Morgan fingerprint density at radius 1 is 1.19 bits per heavy atom. The number of guanidine groups is 1. The predicted molar refractivity (Wildman–Crippen MR) is 97.0 cm³/mol. The lowest BCUT2D eigenvalue weighted by atomic mass is 10.1. The third-order valence-corrected chi connectivity index (χ3v) is 3.01. The van der Waals surface area contributed by atoms with E-state index in [2.05, 4.69) is 50.1 Å². The first-order valence-electron chi connectivity index (χ1n) is 6.85. The second kappa shape index (κ2) is 10.2. The zero-order chi connectivity index (χ0) is 14.0. The van der Waals surface area contributed by atoms with Crippen LogP contribution in [0.1, 0.15) is 17.7 Å². The minimum Gasteiger partial charge on any atom is -0.356 e. The van der Waals surface area contributed by atoms with Crippen LogP contribution in [0.25, 0.3) is 0 Å². The normalized spacial score (nSPS) is 10.8. The van der Waals surface area contributed by atoms with Gasteiger partial charge in [0.2, 0.25) is 0 Å². The molecule has 3 N–H and O–H groups in total. The fraction of sp³-hybridized carbons (Fsp3) is 0.333. The first-order chi connectivity index (χ1) is 9.88. The summed E-state index contributed by atoms with van der Waals surface area (Å²) in [5.74, 6) is 0.813. The van der Waals surface area contributed by atoms with Gasteiger partial charge in [-0.05, 0) is 24.5 Å². The molecule has 0 aliphatic heterocycles. The number of aromatic nitrogens is 2. The Kier molecular flexibility index (Phi) is 8.49. The van der Waals surface area contributed by atoms with Crippen molar-refractivity contribution in [2.45, 2.75) is 19.4 Å². The molecule has 0 bridgehead atoms. The summed E-state index contributed by atoms with van der Waals surface area (Å²) in [7, 11) is 1.78. The van der Waals surface area contributed by atoms with Gasteiger partial charge in [0, 0.05) is 19.8 Å². The van der Waals surface area contributed by atoms with E-state index < -0.39 is 0 Å². The Labute approximate surface area is 142 Å². The molecule has 0 aliphatic carbocycles. The van der Waals surface area contributed by atoms with Crippen molar-refractivity contribution in [3.05, 3.63) is 53.9 Å². The number of rotatable bonds is 6. The van der Waals surface area contributed by atoms with Crippen molar-refractivity contribution >= 4 is 29.9 Å². The maximum Gasteiger partial charge on any atom is 0.191 e. The van der Waals surface area contributed by atoms with Crippen LogP contribution >= 0.6 is 24.0 Å². The molecule has 21 heavy (non-hydrogen) atoms. The molecule has 1 aromatic heterocycles. The summed E-state index contributed by atoms with van der Waals surface area (Å²) in [6.45, 7) is 1.59. The van der Waals surface area contributed by atoms with E-state index >= 15 is 0 Å². The summed E-state index contributed by atoms with van der Waals surface area (Å²) in [5, 5.41) is 13.4. The van der Waals surface area contributed by atoms with Crippen LogP contribution in [-0.2, 0) is 13.0 Å². The average Bonchev–Trinajstić information content (AvgIpc) is 3.01. The van der Waals surface area contributed by atoms with Crippen LogP contribution in [0.5, 0.6) is 0 Å². The lowest BCUT2D eigenvalue weighted by Crippen LogP contribution is -2.37. The topological polar surface area (TPSA) is 65.1 Å². The molecule has 114 valence electrons. The highest BCUT2D eigenvalue weighted by Gasteiger charge is 1.98. The van der Waals surface area contributed by atoms with Crippen LogP contribution in [0.4, 0.5) is 0 Å². The van der Waals surface area contributed by atoms with E-state index in [4.69, 9.17) is 0 Å². The van der Waals surface area contributed by atoms with Crippen molar-refractivity contribution in [1.29, 1.82) is 0 Å². The van der Waals surface area contributed by atoms with Gasteiger partial charge in [-0.2, -0.15) is 5.10 Å². The van der Waals surface area contributed by atoms with Crippen LogP contribution < -0.4 is 10.6 Å². The maximum absolute atomic E-state index is 4.19. The van der Waals surface area contributed by atoms with Crippen molar-refractivity contribution in [1.82, 2.24) is 20.8 Å². The predicted octanol–water partition coefficient (Wildman–Crippen LogP) is 2.33. The number of aliphatic imine (C=N–C) groups is 1. The van der Waals surface area contributed by atoms with Gasteiger partial charge >= 0.3 is 0 Å². The van der Waals surface area contributed by atoms with Gasteiger partial charge < -0.3 is 10.6 Å². The number of aromatic amines is 1. The van der Waals surface area contributed by atoms with Gasteiger partial charge in [0.05, 0.1) is 12.2 Å². The Morgan fingerprint density at radius 3 is 2.67 bits per heavy atom. The number of nitrogens with one attached hydrogen (secondary N) is 3. The molecular weight excluding hydrogens is 377 g/mol. The van der Waals surface area contributed by atoms with Crippen LogP contribution in [0.3, 0.4) is 0 Å². The number of nitrogens with zero attached hydrogens (tertiary/aromatic N) is 2. The molecule has 0 fully saturated rings. The highest BCUT2D eigenvalue weighted by Crippen LogP contribution is 2.01. The molecule has 0 spiro atoms. The van der Waals surface area contributed by atoms with E-state index in [1.54, 1.807) is 13.2 Å². The smallest absolute Gasteiger partial charge is 0.191 e. The average molecular weight is 399 g/mol. The molecule has 2 aromatic rings. The summed E-state index contributed by atoms with van der Waals surface area (Å²) < 4.78 is 0. The number of hydrogen-bond donors (Lipinski definition) is 3.